The highest BCUT2D eigenvalue weighted by molar-refractivity contribution is 6.35. The van der Waals surface area contributed by atoms with Crippen LogP contribution in [0.1, 0.15) is 42.9 Å². The van der Waals surface area contributed by atoms with Gasteiger partial charge in [0.25, 0.3) is 0 Å². The van der Waals surface area contributed by atoms with Crippen LogP contribution < -0.4 is 19.5 Å². The summed E-state index contributed by atoms with van der Waals surface area (Å²) in [7, 11) is 0. The zero-order valence-electron chi connectivity index (χ0n) is 18.1. The van der Waals surface area contributed by atoms with Crippen molar-refractivity contribution < 1.29 is 32.5 Å². The van der Waals surface area contributed by atoms with Gasteiger partial charge in [0.2, 0.25) is 0 Å². The van der Waals surface area contributed by atoms with E-state index >= 15 is 0 Å². The minimum atomic E-state index is -3.02. The number of hydrogen-bond donors (Lipinski definition) is 1. The van der Waals surface area contributed by atoms with Gasteiger partial charge in [-0.05, 0) is 55.8 Å². The molecule has 1 aliphatic heterocycles. The average Bonchev–Trinajstić information content (AvgIpc) is 3.44. The summed E-state index contributed by atoms with van der Waals surface area (Å²) in [5, 5.41) is 15.0. The Morgan fingerprint density at radius 3 is 2.53 bits per heavy atom. The van der Waals surface area contributed by atoms with Crippen molar-refractivity contribution in [2.24, 2.45) is 5.92 Å². The number of carbonyl (C=O) groups is 1. The van der Waals surface area contributed by atoms with Gasteiger partial charge in [0, 0.05) is 12.0 Å². The Morgan fingerprint density at radius 1 is 1.18 bits per heavy atom. The summed E-state index contributed by atoms with van der Waals surface area (Å²) in [6, 6.07) is 3.97. The highest BCUT2D eigenvalue weighted by atomic mass is 35.5. The molecular weight excluding hydrogens is 493 g/mol. The predicted octanol–water partition coefficient (Wildman–Crippen LogP) is 4.60. The largest absolute Gasteiger partial charge is 0.619 e. The maximum atomic E-state index is 12.9. The highest BCUT2D eigenvalue weighted by Crippen LogP contribution is 2.38. The van der Waals surface area contributed by atoms with E-state index in [9.17, 15) is 18.8 Å². The van der Waals surface area contributed by atoms with Crippen molar-refractivity contribution in [2.45, 2.75) is 50.9 Å². The average molecular weight is 517 g/mol. The number of aromatic nitrogens is 1. The number of rotatable bonds is 10. The van der Waals surface area contributed by atoms with Crippen molar-refractivity contribution in [1.29, 1.82) is 0 Å². The Bertz CT molecular complexity index is 1010. The van der Waals surface area contributed by atoms with Crippen LogP contribution in [-0.4, -0.2) is 31.8 Å². The van der Waals surface area contributed by atoms with E-state index in [4.69, 9.17) is 32.7 Å². The molecule has 1 aromatic carbocycles. The quantitative estimate of drug-likeness (QED) is 0.282. The number of pyridine rings is 1. The molecule has 1 N–H and O–H groups in total. The monoisotopic (exact) mass is 516 g/mol. The van der Waals surface area contributed by atoms with Crippen LogP contribution in [0.3, 0.4) is 0 Å². The molecular formula is C23H24Cl2F2N2O5. The number of nitrogens with zero attached hydrogens (tertiary/aromatic N) is 1. The van der Waals surface area contributed by atoms with Crippen molar-refractivity contribution in [2.75, 3.05) is 13.2 Å². The van der Waals surface area contributed by atoms with Crippen LogP contribution in [0.5, 0.6) is 11.5 Å². The SMILES string of the molecule is O=C(O[C@@H](Cc1c(Cl)c[n+]([O-])cc1Cl)c1ccc(OC(F)F)c(OCC2CC2)c1)[C@@H]1CCCN1. The van der Waals surface area contributed by atoms with Crippen molar-refractivity contribution >= 4 is 29.2 Å². The maximum absolute atomic E-state index is 12.9. The molecule has 2 atom stereocenters. The fraction of sp³-hybridized carbons (Fsp3) is 0.478. The molecule has 184 valence electrons. The third kappa shape index (κ3) is 6.40. The van der Waals surface area contributed by atoms with Gasteiger partial charge in [0.05, 0.1) is 6.61 Å². The van der Waals surface area contributed by atoms with Crippen LogP contribution in [-0.2, 0) is 16.0 Å². The van der Waals surface area contributed by atoms with Crippen LogP contribution in [0.25, 0.3) is 0 Å². The molecule has 1 saturated carbocycles. The Labute approximate surface area is 205 Å². The van der Waals surface area contributed by atoms with Crippen molar-refractivity contribution in [3.8, 4) is 11.5 Å². The first-order chi connectivity index (χ1) is 16.3. The lowest BCUT2D eigenvalue weighted by Crippen LogP contribution is -2.33. The number of benzene rings is 1. The van der Waals surface area contributed by atoms with Crippen LogP contribution in [0, 0.1) is 11.1 Å². The molecule has 0 spiro atoms. The summed E-state index contributed by atoms with van der Waals surface area (Å²) in [6.45, 7) is -1.93. The Morgan fingerprint density at radius 2 is 1.91 bits per heavy atom. The van der Waals surface area contributed by atoms with E-state index in [-0.39, 0.29) is 28.0 Å². The van der Waals surface area contributed by atoms with Crippen LogP contribution in [0.15, 0.2) is 30.6 Å². The molecule has 11 heteroatoms. The second-order valence-electron chi connectivity index (χ2n) is 8.41. The van der Waals surface area contributed by atoms with Gasteiger partial charge in [0.1, 0.15) is 22.2 Å². The number of esters is 1. The standard InChI is InChI=1S/C23H24Cl2F2N2O5/c24-16-10-29(31)11-17(25)15(16)9-20(33-22(30)18-2-1-7-28-18)14-5-6-19(34-23(26)27)21(8-14)32-12-13-3-4-13/h5-6,8,10-11,13,18,20,23,28H,1-4,7,9,12H2/t18-,20-/m0/s1. The first-order valence-corrected chi connectivity index (χ1v) is 11.8. The number of alkyl halides is 2. The molecule has 34 heavy (non-hydrogen) atoms. The van der Waals surface area contributed by atoms with Gasteiger partial charge >= 0.3 is 12.6 Å². The topological polar surface area (TPSA) is 83.7 Å². The molecule has 2 aliphatic rings. The van der Waals surface area contributed by atoms with Crippen LogP contribution in [0.4, 0.5) is 8.78 Å². The summed E-state index contributed by atoms with van der Waals surface area (Å²) >= 11 is 12.5. The number of hydrogen-bond acceptors (Lipinski definition) is 6. The van der Waals surface area contributed by atoms with Gasteiger partial charge in [-0.2, -0.15) is 13.5 Å². The zero-order valence-corrected chi connectivity index (χ0v) is 19.7. The van der Waals surface area contributed by atoms with Crippen molar-refractivity contribution in [3.63, 3.8) is 0 Å². The normalized spacial score (nSPS) is 18.7. The first-order valence-electron chi connectivity index (χ1n) is 11.0. The molecule has 1 aliphatic carbocycles. The van der Waals surface area contributed by atoms with E-state index in [1.807, 2.05) is 0 Å². The van der Waals surface area contributed by atoms with Gasteiger partial charge in [-0.15, -0.1) is 0 Å². The van der Waals surface area contributed by atoms with E-state index in [0.717, 1.165) is 31.7 Å². The lowest BCUT2D eigenvalue weighted by atomic mass is 10.0. The molecule has 2 heterocycles. The van der Waals surface area contributed by atoms with Gasteiger partial charge in [-0.25, -0.2) is 0 Å². The maximum Gasteiger partial charge on any atom is 0.387 e. The number of nitrogens with one attached hydrogen (secondary N) is 1. The molecule has 0 unspecified atom stereocenters. The third-order valence-corrected chi connectivity index (χ3v) is 6.43. The van der Waals surface area contributed by atoms with E-state index in [0.29, 0.717) is 41.3 Å². The Balaban J connectivity index is 1.65. The van der Waals surface area contributed by atoms with E-state index in [1.54, 1.807) is 0 Å². The number of carbonyl (C=O) groups excluding carboxylic acids is 1. The molecule has 0 bridgehead atoms. The van der Waals surface area contributed by atoms with Crippen LogP contribution >= 0.6 is 23.2 Å². The van der Waals surface area contributed by atoms with Gasteiger partial charge in [-0.1, -0.05) is 29.3 Å². The molecule has 0 radical (unpaired) electrons. The van der Waals surface area contributed by atoms with E-state index < -0.39 is 24.7 Å². The van der Waals surface area contributed by atoms with Gasteiger partial charge in [-0.3, -0.25) is 4.79 Å². The number of ether oxygens (including phenoxy) is 3. The summed E-state index contributed by atoms with van der Waals surface area (Å²) in [5.41, 5.74) is 0.908. The second kappa shape index (κ2) is 10.9. The molecule has 7 nitrogen and oxygen atoms in total. The summed E-state index contributed by atoms with van der Waals surface area (Å²) in [6.07, 6.45) is 5.04. The first kappa shape index (κ1) is 24.8. The van der Waals surface area contributed by atoms with E-state index in [1.165, 1.54) is 18.2 Å². The number of halogens is 4. The van der Waals surface area contributed by atoms with E-state index in [2.05, 4.69) is 10.1 Å². The lowest BCUT2D eigenvalue weighted by Gasteiger charge is -2.23. The fourth-order valence-corrected chi connectivity index (χ4v) is 4.37. The lowest BCUT2D eigenvalue weighted by molar-refractivity contribution is -0.605. The molecule has 0 amide bonds. The smallest absolute Gasteiger partial charge is 0.387 e. The highest BCUT2D eigenvalue weighted by Gasteiger charge is 2.30. The Kier molecular flexibility index (Phi) is 7.95. The minimum Gasteiger partial charge on any atom is -0.619 e. The minimum absolute atomic E-state index is 0.0636. The second-order valence-corrected chi connectivity index (χ2v) is 9.22. The third-order valence-electron chi connectivity index (χ3n) is 5.78. The van der Waals surface area contributed by atoms with Crippen molar-refractivity contribution in [3.05, 3.63) is 57.0 Å². The molecule has 2 fully saturated rings. The molecule has 1 aromatic heterocycles. The van der Waals surface area contributed by atoms with Crippen LogP contribution in [0.2, 0.25) is 10.0 Å². The fourth-order valence-electron chi connectivity index (χ4n) is 3.77. The molecule has 1 saturated heterocycles. The molecule has 2 aromatic rings. The van der Waals surface area contributed by atoms with Gasteiger partial charge < -0.3 is 24.7 Å². The predicted molar refractivity (Wildman–Crippen MR) is 120 cm³/mol. The van der Waals surface area contributed by atoms with Gasteiger partial charge in [0.15, 0.2) is 23.9 Å². The Hall–Kier alpha value is -2.36. The zero-order chi connectivity index (χ0) is 24.2. The summed E-state index contributed by atoms with van der Waals surface area (Å²) in [4.78, 5) is 12.8. The summed E-state index contributed by atoms with van der Waals surface area (Å²) < 4.78 is 42.5. The summed E-state index contributed by atoms with van der Waals surface area (Å²) in [5.74, 6) is -0.0405. The van der Waals surface area contributed by atoms with Crippen molar-refractivity contribution in [1.82, 2.24) is 5.32 Å². The molecule has 4 rings (SSSR count).